The third-order valence-corrected chi connectivity index (χ3v) is 5.54. The molecule has 0 aliphatic carbocycles. The number of anilines is 1. The fraction of sp³-hybridized carbons (Fsp3) is 0.105. The monoisotopic (exact) mass is 406 g/mol. The highest BCUT2D eigenvalue weighted by Gasteiger charge is 2.13. The molecule has 1 unspecified atom stereocenters. The number of hydrogen-bond donors (Lipinski definition) is 3. The Hall–Kier alpha value is -2.05. The van der Waals surface area contributed by atoms with E-state index in [1.165, 1.54) is 11.3 Å². The summed E-state index contributed by atoms with van der Waals surface area (Å²) >= 11 is 13.2. The molecule has 3 aromatic rings. The SMILES string of the molecule is O=C(NCc1ccc(C(O)c2ccccc2)s1)Nc1ccc(Cl)c(Cl)c1. The Bertz CT molecular complexity index is 900. The average Bonchev–Trinajstić information content (AvgIpc) is 3.12. The Morgan fingerprint density at radius 3 is 2.54 bits per heavy atom. The molecule has 0 saturated carbocycles. The highest BCUT2D eigenvalue weighted by atomic mass is 35.5. The molecular formula is C19H16Cl2N2O2S. The number of aliphatic hydroxyl groups excluding tert-OH is 1. The van der Waals surface area contributed by atoms with E-state index in [1.807, 2.05) is 42.5 Å². The third kappa shape index (κ3) is 4.77. The first-order valence-corrected chi connectivity index (χ1v) is 9.41. The number of hydrogen-bond acceptors (Lipinski definition) is 3. The van der Waals surface area contributed by atoms with E-state index in [9.17, 15) is 9.90 Å². The van der Waals surface area contributed by atoms with Crippen LogP contribution in [0, 0.1) is 0 Å². The number of nitrogens with one attached hydrogen (secondary N) is 2. The summed E-state index contributed by atoms with van der Waals surface area (Å²) in [4.78, 5) is 13.8. The van der Waals surface area contributed by atoms with Crippen molar-refractivity contribution in [1.82, 2.24) is 5.32 Å². The van der Waals surface area contributed by atoms with Gasteiger partial charge < -0.3 is 15.7 Å². The van der Waals surface area contributed by atoms with Crippen LogP contribution >= 0.6 is 34.5 Å². The lowest BCUT2D eigenvalue weighted by atomic mass is 10.1. The summed E-state index contributed by atoms with van der Waals surface area (Å²) in [5.41, 5.74) is 1.40. The van der Waals surface area contributed by atoms with Gasteiger partial charge in [0.05, 0.1) is 16.6 Å². The fourth-order valence-corrected chi connectivity index (χ4v) is 3.62. The zero-order valence-corrected chi connectivity index (χ0v) is 15.9. The molecule has 0 fully saturated rings. The minimum atomic E-state index is -0.667. The van der Waals surface area contributed by atoms with Crippen LogP contribution in [0.4, 0.5) is 10.5 Å². The number of benzene rings is 2. The van der Waals surface area contributed by atoms with E-state index in [4.69, 9.17) is 23.2 Å². The first kappa shape index (κ1) is 18.7. The Kier molecular flexibility index (Phi) is 6.16. The van der Waals surface area contributed by atoms with Crippen molar-refractivity contribution in [3.63, 3.8) is 0 Å². The lowest BCUT2D eigenvalue weighted by molar-refractivity contribution is 0.224. The van der Waals surface area contributed by atoms with Gasteiger partial charge in [0.25, 0.3) is 0 Å². The molecule has 1 aromatic heterocycles. The molecule has 3 N–H and O–H groups in total. The van der Waals surface area contributed by atoms with Crippen LogP contribution < -0.4 is 10.6 Å². The van der Waals surface area contributed by atoms with Gasteiger partial charge in [0.2, 0.25) is 0 Å². The van der Waals surface area contributed by atoms with Crippen molar-refractivity contribution in [2.45, 2.75) is 12.6 Å². The Labute approximate surface area is 165 Å². The maximum absolute atomic E-state index is 12.0. The van der Waals surface area contributed by atoms with Crippen LogP contribution in [0.2, 0.25) is 10.0 Å². The molecule has 3 rings (SSSR count). The zero-order chi connectivity index (χ0) is 18.5. The van der Waals surface area contributed by atoms with Gasteiger partial charge in [-0.15, -0.1) is 11.3 Å². The van der Waals surface area contributed by atoms with Crippen LogP contribution in [0.15, 0.2) is 60.7 Å². The molecular weight excluding hydrogens is 391 g/mol. The summed E-state index contributed by atoms with van der Waals surface area (Å²) in [6.45, 7) is 0.360. The van der Waals surface area contributed by atoms with Gasteiger partial charge in [-0.1, -0.05) is 53.5 Å². The largest absolute Gasteiger partial charge is 0.383 e. The van der Waals surface area contributed by atoms with Crippen LogP contribution in [-0.2, 0) is 6.54 Å². The van der Waals surface area contributed by atoms with Crippen LogP contribution in [-0.4, -0.2) is 11.1 Å². The van der Waals surface area contributed by atoms with Crippen molar-refractivity contribution in [2.75, 3.05) is 5.32 Å². The summed E-state index contributed by atoms with van der Waals surface area (Å²) in [5, 5.41) is 16.7. The van der Waals surface area contributed by atoms with Gasteiger partial charge in [0, 0.05) is 15.4 Å². The molecule has 0 spiro atoms. The van der Waals surface area contributed by atoms with Gasteiger partial charge in [-0.2, -0.15) is 0 Å². The number of urea groups is 1. The highest BCUT2D eigenvalue weighted by Crippen LogP contribution is 2.28. The van der Waals surface area contributed by atoms with Gasteiger partial charge in [0.15, 0.2) is 0 Å². The lowest BCUT2D eigenvalue weighted by Crippen LogP contribution is -2.27. The number of aliphatic hydroxyl groups is 1. The van der Waals surface area contributed by atoms with E-state index >= 15 is 0 Å². The van der Waals surface area contributed by atoms with Crippen LogP contribution in [0.5, 0.6) is 0 Å². The van der Waals surface area contributed by atoms with Gasteiger partial charge in [-0.05, 0) is 35.9 Å². The summed E-state index contributed by atoms with van der Waals surface area (Å²) in [6, 6.07) is 17.8. The molecule has 2 aromatic carbocycles. The van der Waals surface area contributed by atoms with E-state index in [2.05, 4.69) is 10.6 Å². The van der Waals surface area contributed by atoms with Crippen molar-refractivity contribution < 1.29 is 9.90 Å². The summed E-state index contributed by atoms with van der Waals surface area (Å²) in [5.74, 6) is 0. The first-order chi connectivity index (χ1) is 12.5. The van der Waals surface area contributed by atoms with E-state index in [0.717, 1.165) is 15.3 Å². The number of thiophene rings is 1. The third-order valence-electron chi connectivity index (χ3n) is 3.67. The van der Waals surface area contributed by atoms with Crippen molar-refractivity contribution in [1.29, 1.82) is 0 Å². The quantitative estimate of drug-likeness (QED) is 0.526. The Balaban J connectivity index is 1.56. The van der Waals surface area contributed by atoms with Crippen molar-refractivity contribution in [2.24, 2.45) is 0 Å². The van der Waals surface area contributed by atoms with Crippen LogP contribution in [0.1, 0.15) is 21.4 Å². The normalized spacial score (nSPS) is 11.8. The molecule has 2 amide bonds. The molecule has 1 heterocycles. The minimum absolute atomic E-state index is 0.345. The topological polar surface area (TPSA) is 61.4 Å². The second kappa shape index (κ2) is 8.56. The van der Waals surface area contributed by atoms with E-state index in [-0.39, 0.29) is 6.03 Å². The van der Waals surface area contributed by atoms with Gasteiger partial charge in [0.1, 0.15) is 6.10 Å². The summed E-state index contributed by atoms with van der Waals surface area (Å²) < 4.78 is 0. The number of carbonyl (C=O) groups is 1. The molecule has 7 heteroatoms. The van der Waals surface area contributed by atoms with Gasteiger partial charge in [-0.25, -0.2) is 4.79 Å². The van der Waals surface area contributed by atoms with Gasteiger partial charge in [-0.3, -0.25) is 0 Å². The Morgan fingerprint density at radius 1 is 1.04 bits per heavy atom. The standard InChI is InChI=1S/C19H16Cl2N2O2S/c20-15-8-6-13(10-16(15)21)23-19(25)22-11-14-7-9-17(26-14)18(24)12-4-2-1-3-5-12/h1-10,18,24H,11H2,(H2,22,23,25). The number of rotatable bonds is 5. The fourth-order valence-electron chi connectivity index (χ4n) is 2.35. The van der Waals surface area contributed by atoms with E-state index in [0.29, 0.717) is 22.3 Å². The summed E-state index contributed by atoms with van der Waals surface area (Å²) in [6.07, 6.45) is -0.667. The summed E-state index contributed by atoms with van der Waals surface area (Å²) in [7, 11) is 0. The van der Waals surface area contributed by atoms with Crippen LogP contribution in [0.3, 0.4) is 0 Å². The molecule has 1 atom stereocenters. The maximum atomic E-state index is 12.0. The predicted octanol–water partition coefficient (Wildman–Crippen LogP) is 5.46. The maximum Gasteiger partial charge on any atom is 0.319 e. The van der Waals surface area contributed by atoms with Crippen molar-refractivity contribution >= 4 is 46.3 Å². The number of halogens is 2. The lowest BCUT2D eigenvalue weighted by Gasteiger charge is -2.09. The predicted molar refractivity (Wildman–Crippen MR) is 107 cm³/mol. The molecule has 0 aliphatic heterocycles. The minimum Gasteiger partial charge on any atom is -0.383 e. The van der Waals surface area contributed by atoms with Crippen LogP contribution in [0.25, 0.3) is 0 Å². The van der Waals surface area contributed by atoms with Gasteiger partial charge >= 0.3 is 6.03 Å². The second-order valence-corrected chi connectivity index (χ2v) is 7.57. The number of amides is 2. The van der Waals surface area contributed by atoms with E-state index in [1.54, 1.807) is 18.2 Å². The molecule has 26 heavy (non-hydrogen) atoms. The molecule has 0 aliphatic rings. The number of carbonyl (C=O) groups excluding carboxylic acids is 1. The molecule has 0 radical (unpaired) electrons. The zero-order valence-electron chi connectivity index (χ0n) is 13.6. The van der Waals surface area contributed by atoms with Crippen molar-refractivity contribution in [3.8, 4) is 0 Å². The molecule has 4 nitrogen and oxygen atoms in total. The molecule has 134 valence electrons. The molecule has 0 bridgehead atoms. The first-order valence-electron chi connectivity index (χ1n) is 7.84. The second-order valence-electron chi connectivity index (χ2n) is 5.55. The van der Waals surface area contributed by atoms with E-state index < -0.39 is 6.10 Å². The average molecular weight is 407 g/mol. The molecule has 0 saturated heterocycles. The smallest absolute Gasteiger partial charge is 0.319 e. The Morgan fingerprint density at radius 2 is 1.81 bits per heavy atom. The van der Waals surface area contributed by atoms with Crippen molar-refractivity contribution in [3.05, 3.63) is 86.0 Å². The highest BCUT2D eigenvalue weighted by molar-refractivity contribution is 7.12.